The van der Waals surface area contributed by atoms with Crippen LogP contribution < -0.4 is 10.2 Å². The lowest BCUT2D eigenvalue weighted by Gasteiger charge is -2.30. The lowest BCUT2D eigenvalue weighted by Crippen LogP contribution is -2.32. The summed E-state index contributed by atoms with van der Waals surface area (Å²) in [7, 11) is 1.86. The van der Waals surface area contributed by atoms with Crippen LogP contribution in [0.3, 0.4) is 0 Å². The van der Waals surface area contributed by atoms with Crippen molar-refractivity contribution in [2.45, 2.75) is 25.3 Å². The molecule has 5 heteroatoms. The Balaban J connectivity index is 1.58. The second kappa shape index (κ2) is 5.16. The van der Waals surface area contributed by atoms with Crippen molar-refractivity contribution in [1.82, 2.24) is 9.55 Å². The smallest absolute Gasteiger partial charge is 0.275 e. The number of amides is 1. The number of fused-ring (bicyclic) bond motifs is 2. The minimum Gasteiger partial charge on any atom is -0.367 e. The summed E-state index contributed by atoms with van der Waals surface area (Å²) in [4.78, 5) is 18.9. The van der Waals surface area contributed by atoms with Crippen LogP contribution in [-0.2, 0) is 7.05 Å². The van der Waals surface area contributed by atoms with Crippen LogP contribution in [0.15, 0.2) is 36.8 Å². The molecule has 2 fully saturated rings. The number of aromatic nitrogens is 2. The first kappa shape index (κ1) is 13.4. The van der Waals surface area contributed by atoms with Crippen molar-refractivity contribution in [3.05, 3.63) is 42.5 Å². The molecule has 1 amide bonds. The molecule has 1 aliphatic heterocycles. The average molecular weight is 296 g/mol. The van der Waals surface area contributed by atoms with Crippen molar-refractivity contribution in [2.75, 3.05) is 16.8 Å². The van der Waals surface area contributed by atoms with Gasteiger partial charge in [0.25, 0.3) is 5.91 Å². The number of anilines is 2. The molecule has 1 aromatic heterocycles. The fraction of sp³-hybridized carbons (Fsp3) is 0.412. The highest BCUT2D eigenvalue weighted by Crippen LogP contribution is 2.42. The van der Waals surface area contributed by atoms with E-state index in [0.29, 0.717) is 11.7 Å². The van der Waals surface area contributed by atoms with Crippen molar-refractivity contribution in [3.63, 3.8) is 0 Å². The summed E-state index contributed by atoms with van der Waals surface area (Å²) in [6.07, 6.45) is 7.29. The quantitative estimate of drug-likeness (QED) is 0.947. The Labute approximate surface area is 130 Å². The van der Waals surface area contributed by atoms with Crippen molar-refractivity contribution in [2.24, 2.45) is 13.0 Å². The van der Waals surface area contributed by atoms with Crippen molar-refractivity contribution < 1.29 is 4.79 Å². The Hall–Kier alpha value is -2.30. The number of piperidine rings is 1. The highest BCUT2D eigenvalue weighted by atomic mass is 16.1. The molecule has 2 heterocycles. The van der Waals surface area contributed by atoms with Gasteiger partial charge in [-0.15, -0.1) is 0 Å². The van der Waals surface area contributed by atoms with Crippen LogP contribution in [0, 0.1) is 5.92 Å². The van der Waals surface area contributed by atoms with Crippen LogP contribution in [0.25, 0.3) is 0 Å². The predicted molar refractivity (Wildman–Crippen MR) is 86.1 cm³/mol. The molecule has 0 unspecified atom stereocenters. The van der Waals surface area contributed by atoms with E-state index in [1.54, 1.807) is 17.1 Å². The summed E-state index contributed by atoms with van der Waals surface area (Å²) in [5.41, 5.74) is 2.46. The maximum absolute atomic E-state index is 12.3. The Bertz CT molecular complexity index is 708. The third kappa shape index (κ3) is 2.26. The monoisotopic (exact) mass is 296 g/mol. The summed E-state index contributed by atoms with van der Waals surface area (Å²) < 4.78 is 1.78. The standard InChI is InChI=1S/C17H20N4O/c1-20-10-15(18-11-20)17(22)19-14-4-2-3-5-16(14)21-9-12-6-7-13(21)8-12/h2-5,10-13H,6-9H2,1H3,(H,19,22)/t12-,13-/m0/s1. The molecule has 2 aliphatic rings. The van der Waals surface area contributed by atoms with Gasteiger partial charge >= 0.3 is 0 Å². The predicted octanol–water partition coefficient (Wildman–Crippen LogP) is 2.66. The van der Waals surface area contributed by atoms with Gasteiger partial charge in [0, 0.05) is 25.8 Å². The summed E-state index contributed by atoms with van der Waals surface area (Å²) in [5, 5.41) is 3.02. The fourth-order valence-electron chi connectivity index (χ4n) is 3.77. The van der Waals surface area contributed by atoms with Gasteiger partial charge in [0.1, 0.15) is 5.69 Å². The van der Waals surface area contributed by atoms with Gasteiger partial charge < -0.3 is 14.8 Å². The average Bonchev–Trinajstić information content (AvgIpc) is 3.24. The van der Waals surface area contributed by atoms with Crippen molar-refractivity contribution >= 4 is 17.3 Å². The number of benzene rings is 1. The maximum Gasteiger partial charge on any atom is 0.275 e. The first-order chi connectivity index (χ1) is 10.7. The van der Waals surface area contributed by atoms with Crippen LogP contribution >= 0.6 is 0 Å². The molecule has 1 aromatic carbocycles. The molecule has 22 heavy (non-hydrogen) atoms. The zero-order valence-electron chi connectivity index (χ0n) is 12.7. The largest absolute Gasteiger partial charge is 0.367 e. The summed E-state index contributed by atoms with van der Waals surface area (Å²) >= 11 is 0. The van der Waals surface area contributed by atoms with Crippen LogP contribution in [0.5, 0.6) is 0 Å². The first-order valence-corrected chi connectivity index (χ1v) is 7.85. The summed E-state index contributed by atoms with van der Waals surface area (Å²) in [6.45, 7) is 1.11. The number of nitrogens with one attached hydrogen (secondary N) is 1. The van der Waals surface area contributed by atoms with E-state index in [9.17, 15) is 4.79 Å². The number of aryl methyl sites for hydroxylation is 1. The maximum atomic E-state index is 12.3. The molecule has 2 aromatic rings. The van der Waals surface area contributed by atoms with Crippen LogP contribution in [0.2, 0.25) is 0 Å². The molecule has 5 nitrogen and oxygen atoms in total. The van der Waals surface area contributed by atoms with E-state index in [4.69, 9.17) is 0 Å². The number of hydrogen-bond donors (Lipinski definition) is 1. The molecule has 2 bridgehead atoms. The van der Waals surface area contributed by atoms with Crippen molar-refractivity contribution in [1.29, 1.82) is 0 Å². The van der Waals surface area contributed by atoms with E-state index in [0.717, 1.165) is 23.8 Å². The Morgan fingerprint density at radius 2 is 2.18 bits per heavy atom. The van der Waals surface area contributed by atoms with E-state index in [1.165, 1.54) is 19.3 Å². The molecule has 1 N–H and O–H groups in total. The molecule has 114 valence electrons. The van der Waals surface area contributed by atoms with Gasteiger partial charge in [0.2, 0.25) is 0 Å². The van der Waals surface area contributed by atoms with E-state index >= 15 is 0 Å². The number of rotatable bonds is 3. The Kier molecular flexibility index (Phi) is 3.13. The number of nitrogens with zero attached hydrogens (tertiary/aromatic N) is 3. The molecule has 1 saturated heterocycles. The SMILES string of the molecule is Cn1cnc(C(=O)Nc2ccccc2N2C[C@H]3CC[C@H]2C3)c1. The number of carbonyl (C=O) groups excluding carboxylic acids is 1. The molecule has 1 saturated carbocycles. The molecule has 4 rings (SSSR count). The van der Waals surface area contributed by atoms with Crippen LogP contribution in [-0.4, -0.2) is 28.0 Å². The zero-order chi connectivity index (χ0) is 15.1. The number of hydrogen-bond acceptors (Lipinski definition) is 3. The molecular formula is C17H20N4O. The molecule has 0 radical (unpaired) electrons. The minimum absolute atomic E-state index is 0.155. The first-order valence-electron chi connectivity index (χ1n) is 7.85. The van der Waals surface area contributed by atoms with E-state index in [-0.39, 0.29) is 5.91 Å². The molecule has 0 spiro atoms. The third-order valence-electron chi connectivity index (χ3n) is 4.81. The van der Waals surface area contributed by atoms with Crippen LogP contribution in [0.4, 0.5) is 11.4 Å². The summed E-state index contributed by atoms with van der Waals surface area (Å²) in [5.74, 6) is 0.668. The highest BCUT2D eigenvalue weighted by Gasteiger charge is 2.38. The topological polar surface area (TPSA) is 50.2 Å². The van der Waals surface area contributed by atoms with E-state index in [2.05, 4.69) is 21.3 Å². The van der Waals surface area contributed by atoms with E-state index in [1.807, 2.05) is 25.2 Å². The van der Waals surface area contributed by atoms with E-state index < -0.39 is 0 Å². The third-order valence-corrected chi connectivity index (χ3v) is 4.81. The Morgan fingerprint density at radius 3 is 2.86 bits per heavy atom. The molecule has 2 atom stereocenters. The van der Waals surface area contributed by atoms with Gasteiger partial charge in [0.15, 0.2) is 0 Å². The van der Waals surface area contributed by atoms with Crippen LogP contribution in [0.1, 0.15) is 29.8 Å². The number of para-hydroxylation sites is 2. The zero-order valence-corrected chi connectivity index (χ0v) is 12.7. The number of imidazole rings is 1. The van der Waals surface area contributed by atoms with Gasteiger partial charge in [-0.25, -0.2) is 4.98 Å². The highest BCUT2D eigenvalue weighted by molar-refractivity contribution is 6.04. The van der Waals surface area contributed by atoms with Gasteiger partial charge in [0.05, 0.1) is 17.7 Å². The second-order valence-corrected chi connectivity index (χ2v) is 6.38. The Morgan fingerprint density at radius 1 is 1.32 bits per heavy atom. The second-order valence-electron chi connectivity index (χ2n) is 6.38. The molecular weight excluding hydrogens is 276 g/mol. The lowest BCUT2D eigenvalue weighted by molar-refractivity contribution is 0.102. The molecule has 1 aliphatic carbocycles. The van der Waals surface area contributed by atoms with Gasteiger partial charge in [-0.2, -0.15) is 0 Å². The van der Waals surface area contributed by atoms with Gasteiger partial charge in [-0.05, 0) is 37.3 Å². The minimum atomic E-state index is -0.155. The normalized spacial score (nSPS) is 23.0. The lowest BCUT2D eigenvalue weighted by atomic mass is 10.1. The fourth-order valence-corrected chi connectivity index (χ4v) is 3.77. The van der Waals surface area contributed by atoms with Crippen molar-refractivity contribution in [3.8, 4) is 0 Å². The van der Waals surface area contributed by atoms with Gasteiger partial charge in [-0.3, -0.25) is 4.79 Å². The van der Waals surface area contributed by atoms with Gasteiger partial charge in [-0.1, -0.05) is 12.1 Å². The summed E-state index contributed by atoms with van der Waals surface area (Å²) in [6, 6.07) is 8.72. The number of carbonyl (C=O) groups is 1.